The first-order valence-corrected chi connectivity index (χ1v) is 10.1. The van der Waals surface area contributed by atoms with Crippen LogP contribution in [0.3, 0.4) is 0 Å². The van der Waals surface area contributed by atoms with Gasteiger partial charge in [-0.05, 0) is 36.0 Å². The van der Waals surface area contributed by atoms with Crippen LogP contribution in [0.1, 0.15) is 61.2 Å². The first-order chi connectivity index (χ1) is 12.6. The second-order valence-electron chi connectivity index (χ2n) is 8.12. The molecule has 27 heavy (non-hydrogen) atoms. The summed E-state index contributed by atoms with van der Waals surface area (Å²) in [5.74, 6) is -0.465. The van der Waals surface area contributed by atoms with Crippen LogP contribution in [0.4, 0.5) is 0 Å². The number of thiazole rings is 1. The van der Waals surface area contributed by atoms with Crippen molar-refractivity contribution < 1.29 is 9.59 Å². The summed E-state index contributed by atoms with van der Waals surface area (Å²) in [5.41, 5.74) is 2.69. The number of aromatic nitrogens is 1. The Balaban J connectivity index is 2.01. The highest BCUT2D eigenvalue weighted by Crippen LogP contribution is 2.22. The third-order valence-electron chi connectivity index (χ3n) is 4.33. The van der Waals surface area contributed by atoms with E-state index in [9.17, 15) is 9.59 Å². The standard InChI is InChI=1S/C21H29N3O2S/c1-13(2)18(20(26)22-11-17-23-14(3)12-27-17)24-19(25)15-7-9-16(10-8-15)21(4,5)6/h7-10,12-13,18H,11H2,1-6H3,(H,22,26)(H,24,25). The van der Waals surface area contributed by atoms with Gasteiger partial charge < -0.3 is 10.6 Å². The predicted molar refractivity (Wildman–Crippen MR) is 110 cm³/mol. The van der Waals surface area contributed by atoms with Gasteiger partial charge in [-0.3, -0.25) is 9.59 Å². The zero-order valence-electron chi connectivity index (χ0n) is 16.9. The third kappa shape index (κ3) is 5.89. The molecule has 0 saturated heterocycles. The van der Waals surface area contributed by atoms with Crippen molar-refractivity contribution >= 4 is 23.2 Å². The highest BCUT2D eigenvalue weighted by molar-refractivity contribution is 7.09. The quantitative estimate of drug-likeness (QED) is 0.791. The largest absolute Gasteiger partial charge is 0.348 e. The van der Waals surface area contributed by atoms with E-state index in [0.29, 0.717) is 12.1 Å². The molecule has 1 atom stereocenters. The van der Waals surface area contributed by atoms with E-state index in [1.165, 1.54) is 11.3 Å². The molecule has 0 radical (unpaired) electrons. The number of nitrogens with one attached hydrogen (secondary N) is 2. The van der Waals surface area contributed by atoms with Crippen LogP contribution in [0.2, 0.25) is 0 Å². The van der Waals surface area contributed by atoms with E-state index in [4.69, 9.17) is 0 Å². The molecular formula is C21H29N3O2S. The molecule has 0 fully saturated rings. The van der Waals surface area contributed by atoms with Crippen LogP contribution in [0.15, 0.2) is 29.6 Å². The summed E-state index contributed by atoms with van der Waals surface area (Å²) < 4.78 is 0. The van der Waals surface area contributed by atoms with Gasteiger partial charge in [0.05, 0.1) is 6.54 Å². The molecular weight excluding hydrogens is 358 g/mol. The zero-order valence-corrected chi connectivity index (χ0v) is 17.7. The smallest absolute Gasteiger partial charge is 0.251 e. The summed E-state index contributed by atoms with van der Waals surface area (Å²) in [4.78, 5) is 29.5. The zero-order chi connectivity index (χ0) is 20.2. The van der Waals surface area contributed by atoms with Gasteiger partial charge in [-0.25, -0.2) is 4.98 Å². The van der Waals surface area contributed by atoms with E-state index >= 15 is 0 Å². The highest BCUT2D eigenvalue weighted by Gasteiger charge is 2.25. The topological polar surface area (TPSA) is 71.1 Å². The van der Waals surface area contributed by atoms with Gasteiger partial charge in [0, 0.05) is 16.6 Å². The lowest BCUT2D eigenvalue weighted by Gasteiger charge is -2.22. The Bertz CT molecular complexity index is 789. The monoisotopic (exact) mass is 387 g/mol. The molecule has 146 valence electrons. The van der Waals surface area contributed by atoms with Crippen molar-refractivity contribution in [1.82, 2.24) is 15.6 Å². The first-order valence-electron chi connectivity index (χ1n) is 9.18. The summed E-state index contributed by atoms with van der Waals surface area (Å²) in [7, 11) is 0. The highest BCUT2D eigenvalue weighted by atomic mass is 32.1. The maximum atomic E-state index is 12.6. The number of nitrogens with zero attached hydrogens (tertiary/aromatic N) is 1. The number of rotatable bonds is 6. The Labute approximate surface area is 165 Å². The number of amides is 2. The molecule has 2 aromatic rings. The van der Waals surface area contributed by atoms with Gasteiger partial charge in [-0.15, -0.1) is 11.3 Å². The fraction of sp³-hybridized carbons (Fsp3) is 0.476. The molecule has 2 rings (SSSR count). The fourth-order valence-corrected chi connectivity index (χ4v) is 3.35. The SMILES string of the molecule is Cc1csc(CNC(=O)C(NC(=O)c2ccc(C(C)(C)C)cc2)C(C)C)n1. The van der Waals surface area contributed by atoms with Gasteiger partial charge in [0.2, 0.25) is 5.91 Å². The minimum atomic E-state index is -0.596. The van der Waals surface area contributed by atoms with Crippen LogP contribution in [0, 0.1) is 12.8 Å². The van der Waals surface area contributed by atoms with Gasteiger partial charge in [-0.1, -0.05) is 46.8 Å². The Morgan fingerprint density at radius 2 is 1.78 bits per heavy atom. The minimum absolute atomic E-state index is 0.0270. The summed E-state index contributed by atoms with van der Waals surface area (Å²) in [6.45, 7) is 12.5. The fourth-order valence-electron chi connectivity index (χ4n) is 2.64. The van der Waals surface area contributed by atoms with Crippen molar-refractivity contribution in [3.63, 3.8) is 0 Å². The molecule has 0 aliphatic rings. The lowest BCUT2D eigenvalue weighted by Crippen LogP contribution is -2.49. The predicted octanol–water partition coefficient (Wildman–Crippen LogP) is 3.82. The number of hydrogen-bond donors (Lipinski definition) is 2. The number of benzene rings is 1. The van der Waals surface area contributed by atoms with Crippen molar-refractivity contribution in [2.24, 2.45) is 5.92 Å². The molecule has 0 aliphatic carbocycles. The van der Waals surface area contributed by atoms with Crippen LogP contribution < -0.4 is 10.6 Å². The summed E-state index contributed by atoms with van der Waals surface area (Å²) in [5, 5.41) is 8.54. The Morgan fingerprint density at radius 3 is 2.26 bits per heavy atom. The lowest BCUT2D eigenvalue weighted by molar-refractivity contribution is -0.124. The van der Waals surface area contributed by atoms with E-state index in [1.807, 2.05) is 50.4 Å². The van der Waals surface area contributed by atoms with Crippen molar-refractivity contribution in [3.05, 3.63) is 51.5 Å². The van der Waals surface area contributed by atoms with Crippen molar-refractivity contribution in [3.8, 4) is 0 Å². The second kappa shape index (κ2) is 8.65. The summed E-state index contributed by atoms with van der Waals surface area (Å²) >= 11 is 1.51. The van der Waals surface area contributed by atoms with Crippen LogP contribution >= 0.6 is 11.3 Å². The molecule has 6 heteroatoms. The van der Waals surface area contributed by atoms with Crippen LogP contribution in [0.25, 0.3) is 0 Å². The normalized spacial score (nSPS) is 12.7. The maximum absolute atomic E-state index is 12.6. The van der Waals surface area contributed by atoms with Gasteiger partial charge in [0.15, 0.2) is 0 Å². The molecule has 0 saturated carbocycles. The molecule has 0 spiro atoms. The van der Waals surface area contributed by atoms with E-state index < -0.39 is 6.04 Å². The number of hydrogen-bond acceptors (Lipinski definition) is 4. The van der Waals surface area contributed by atoms with E-state index in [0.717, 1.165) is 16.3 Å². The average Bonchev–Trinajstić information content (AvgIpc) is 3.01. The number of carbonyl (C=O) groups excluding carboxylic acids is 2. The molecule has 0 aliphatic heterocycles. The number of aryl methyl sites for hydroxylation is 1. The van der Waals surface area contributed by atoms with E-state index in [2.05, 4.69) is 36.4 Å². The molecule has 2 N–H and O–H groups in total. The average molecular weight is 388 g/mol. The number of carbonyl (C=O) groups is 2. The van der Waals surface area contributed by atoms with Gasteiger partial charge >= 0.3 is 0 Å². The van der Waals surface area contributed by atoms with Crippen molar-refractivity contribution in [2.75, 3.05) is 0 Å². The molecule has 1 aromatic carbocycles. The Kier molecular flexibility index (Phi) is 6.76. The Morgan fingerprint density at radius 1 is 1.15 bits per heavy atom. The van der Waals surface area contributed by atoms with Crippen LogP contribution in [-0.2, 0) is 16.8 Å². The third-order valence-corrected chi connectivity index (χ3v) is 5.30. The van der Waals surface area contributed by atoms with E-state index in [1.54, 1.807) is 0 Å². The molecule has 5 nitrogen and oxygen atoms in total. The second-order valence-corrected chi connectivity index (χ2v) is 9.07. The first kappa shape index (κ1) is 21.1. The van der Waals surface area contributed by atoms with Crippen LogP contribution in [-0.4, -0.2) is 22.8 Å². The summed E-state index contributed by atoms with van der Waals surface area (Å²) in [6, 6.07) is 6.95. The molecule has 2 amide bonds. The van der Waals surface area contributed by atoms with Crippen molar-refractivity contribution in [1.29, 1.82) is 0 Å². The molecule has 0 bridgehead atoms. The van der Waals surface area contributed by atoms with Crippen LogP contribution in [0.5, 0.6) is 0 Å². The lowest BCUT2D eigenvalue weighted by atomic mass is 9.86. The van der Waals surface area contributed by atoms with Gasteiger partial charge in [-0.2, -0.15) is 0 Å². The molecule has 1 unspecified atom stereocenters. The van der Waals surface area contributed by atoms with Gasteiger partial charge in [0.25, 0.3) is 5.91 Å². The van der Waals surface area contributed by atoms with E-state index in [-0.39, 0.29) is 23.1 Å². The van der Waals surface area contributed by atoms with Gasteiger partial charge in [0.1, 0.15) is 11.0 Å². The molecule has 1 aromatic heterocycles. The summed E-state index contributed by atoms with van der Waals surface area (Å²) in [6.07, 6.45) is 0. The molecule has 1 heterocycles. The van der Waals surface area contributed by atoms with Crippen molar-refractivity contribution in [2.45, 2.75) is 59.5 Å². The minimum Gasteiger partial charge on any atom is -0.348 e. The maximum Gasteiger partial charge on any atom is 0.251 e. The Hall–Kier alpha value is -2.21.